The van der Waals surface area contributed by atoms with Crippen LogP contribution in [0.15, 0.2) is 0 Å². The second kappa shape index (κ2) is 5.83. The fourth-order valence-corrected chi connectivity index (χ4v) is 3.43. The summed E-state index contributed by atoms with van der Waals surface area (Å²) >= 11 is 0. The molecule has 1 atom stereocenters. The van der Waals surface area contributed by atoms with E-state index in [-0.39, 0.29) is 6.42 Å². The Morgan fingerprint density at radius 2 is 1.94 bits per heavy atom. The largest absolute Gasteiger partial charge is 0.308 e. The summed E-state index contributed by atoms with van der Waals surface area (Å²) in [6, 6.07) is 0.475. The molecule has 2 aliphatic rings. The van der Waals surface area contributed by atoms with Crippen LogP contribution in [0.2, 0.25) is 0 Å². The van der Waals surface area contributed by atoms with E-state index in [0.29, 0.717) is 25.0 Å². The van der Waals surface area contributed by atoms with Gasteiger partial charge in [-0.3, -0.25) is 4.90 Å². The van der Waals surface area contributed by atoms with E-state index in [0.717, 1.165) is 6.54 Å². The molecule has 0 radical (unpaired) electrons. The third kappa shape index (κ3) is 3.21. The Morgan fingerprint density at radius 1 is 1.28 bits per heavy atom. The van der Waals surface area contributed by atoms with Crippen molar-refractivity contribution in [2.24, 2.45) is 0 Å². The zero-order chi connectivity index (χ0) is 13.2. The van der Waals surface area contributed by atoms with E-state index < -0.39 is 12.0 Å². The summed E-state index contributed by atoms with van der Waals surface area (Å²) in [5.41, 5.74) is 0. The fourth-order valence-electron chi connectivity index (χ4n) is 3.43. The van der Waals surface area contributed by atoms with Crippen LogP contribution in [0.3, 0.4) is 0 Å². The number of nitrogens with zero attached hydrogens (tertiary/aromatic N) is 1. The van der Waals surface area contributed by atoms with Gasteiger partial charge in [-0.2, -0.15) is 0 Å². The van der Waals surface area contributed by atoms with Crippen LogP contribution in [0.1, 0.15) is 52.4 Å². The monoisotopic (exact) mass is 260 g/mol. The quantitative estimate of drug-likeness (QED) is 0.817. The number of alkyl halides is 2. The topological polar surface area (TPSA) is 15.3 Å². The Kier molecular flexibility index (Phi) is 4.59. The predicted octanol–water partition coefficient (Wildman–Crippen LogP) is 3.03. The molecule has 1 saturated carbocycles. The van der Waals surface area contributed by atoms with Crippen LogP contribution >= 0.6 is 0 Å². The molecule has 0 aromatic heterocycles. The molecule has 0 aromatic rings. The SMILES string of the molecule is CC(C)N(CCC1NCCC1(F)F)C1CCCC1. The van der Waals surface area contributed by atoms with Gasteiger partial charge in [0.1, 0.15) is 0 Å². The summed E-state index contributed by atoms with van der Waals surface area (Å²) in [5.74, 6) is -2.50. The average molecular weight is 260 g/mol. The molecule has 0 aromatic carbocycles. The molecule has 1 N–H and O–H groups in total. The zero-order valence-electron chi connectivity index (χ0n) is 11.6. The molecular formula is C14H26F2N2. The van der Waals surface area contributed by atoms with E-state index in [1.807, 2.05) is 0 Å². The molecule has 4 heteroatoms. The molecule has 0 spiro atoms. The smallest absolute Gasteiger partial charge is 0.264 e. The number of hydrogen-bond donors (Lipinski definition) is 1. The molecule has 0 amide bonds. The summed E-state index contributed by atoms with van der Waals surface area (Å²) in [6.07, 6.45) is 5.65. The van der Waals surface area contributed by atoms with Gasteiger partial charge in [0.05, 0.1) is 6.04 Å². The van der Waals surface area contributed by atoms with Crippen molar-refractivity contribution in [3.05, 3.63) is 0 Å². The van der Waals surface area contributed by atoms with Gasteiger partial charge < -0.3 is 5.32 Å². The third-order valence-corrected chi connectivity index (χ3v) is 4.49. The summed E-state index contributed by atoms with van der Waals surface area (Å²) in [7, 11) is 0. The molecule has 1 aliphatic heterocycles. The van der Waals surface area contributed by atoms with Crippen molar-refractivity contribution in [2.45, 2.75) is 76.4 Å². The Morgan fingerprint density at radius 3 is 2.44 bits per heavy atom. The molecular weight excluding hydrogens is 234 g/mol. The van der Waals surface area contributed by atoms with E-state index in [2.05, 4.69) is 24.1 Å². The van der Waals surface area contributed by atoms with Crippen LogP contribution < -0.4 is 5.32 Å². The van der Waals surface area contributed by atoms with Gasteiger partial charge in [-0.05, 0) is 33.1 Å². The van der Waals surface area contributed by atoms with Crippen LogP contribution in [0.5, 0.6) is 0 Å². The molecule has 1 unspecified atom stereocenters. The predicted molar refractivity (Wildman–Crippen MR) is 70.1 cm³/mol. The number of halogens is 2. The Labute approximate surface area is 109 Å². The van der Waals surface area contributed by atoms with Crippen molar-refractivity contribution < 1.29 is 8.78 Å². The van der Waals surface area contributed by atoms with Crippen LogP contribution in [0.4, 0.5) is 8.78 Å². The lowest BCUT2D eigenvalue weighted by Gasteiger charge is -2.34. The molecule has 1 aliphatic carbocycles. The van der Waals surface area contributed by atoms with Gasteiger partial charge in [0.2, 0.25) is 0 Å². The van der Waals surface area contributed by atoms with E-state index in [4.69, 9.17) is 0 Å². The highest BCUT2D eigenvalue weighted by Crippen LogP contribution is 2.31. The molecule has 2 rings (SSSR count). The lowest BCUT2D eigenvalue weighted by atomic mass is 10.1. The van der Waals surface area contributed by atoms with E-state index in [1.54, 1.807) is 0 Å². The van der Waals surface area contributed by atoms with Crippen molar-refractivity contribution >= 4 is 0 Å². The lowest BCUT2D eigenvalue weighted by molar-refractivity contribution is -0.0176. The summed E-state index contributed by atoms with van der Waals surface area (Å²) in [5, 5.41) is 2.96. The standard InChI is InChI=1S/C14H26F2N2/c1-11(2)18(12-5-3-4-6-12)10-7-13-14(15,16)8-9-17-13/h11-13,17H,3-10H2,1-2H3. The first-order valence-corrected chi connectivity index (χ1v) is 7.37. The highest BCUT2D eigenvalue weighted by molar-refractivity contribution is 4.91. The zero-order valence-corrected chi connectivity index (χ0v) is 11.6. The minimum atomic E-state index is -2.50. The molecule has 106 valence electrons. The second-order valence-corrected chi connectivity index (χ2v) is 6.08. The Bertz CT molecular complexity index is 263. The molecule has 18 heavy (non-hydrogen) atoms. The summed E-state index contributed by atoms with van der Waals surface area (Å²) in [4.78, 5) is 2.43. The summed E-state index contributed by atoms with van der Waals surface area (Å²) < 4.78 is 27.1. The van der Waals surface area contributed by atoms with Crippen molar-refractivity contribution in [3.63, 3.8) is 0 Å². The number of nitrogens with one attached hydrogen (secondary N) is 1. The van der Waals surface area contributed by atoms with Crippen molar-refractivity contribution in [1.82, 2.24) is 10.2 Å². The second-order valence-electron chi connectivity index (χ2n) is 6.08. The maximum atomic E-state index is 13.6. The normalized spacial score (nSPS) is 28.7. The molecule has 1 heterocycles. The van der Waals surface area contributed by atoms with E-state index >= 15 is 0 Å². The van der Waals surface area contributed by atoms with Gasteiger partial charge in [-0.1, -0.05) is 12.8 Å². The van der Waals surface area contributed by atoms with E-state index in [1.165, 1.54) is 25.7 Å². The molecule has 1 saturated heterocycles. The fraction of sp³-hybridized carbons (Fsp3) is 1.00. The van der Waals surface area contributed by atoms with Crippen molar-refractivity contribution in [1.29, 1.82) is 0 Å². The third-order valence-electron chi connectivity index (χ3n) is 4.49. The highest BCUT2D eigenvalue weighted by atomic mass is 19.3. The minimum absolute atomic E-state index is 0.00275. The minimum Gasteiger partial charge on any atom is -0.308 e. The molecule has 2 nitrogen and oxygen atoms in total. The first-order chi connectivity index (χ1) is 8.50. The first kappa shape index (κ1) is 14.2. The highest BCUT2D eigenvalue weighted by Gasteiger charge is 2.43. The first-order valence-electron chi connectivity index (χ1n) is 7.37. The number of rotatable bonds is 5. The maximum Gasteiger partial charge on any atom is 0.264 e. The van der Waals surface area contributed by atoms with Crippen LogP contribution in [-0.4, -0.2) is 42.0 Å². The van der Waals surface area contributed by atoms with Gasteiger partial charge in [0.15, 0.2) is 0 Å². The molecule has 2 fully saturated rings. The molecule has 0 bridgehead atoms. The van der Waals surface area contributed by atoms with Crippen LogP contribution in [0, 0.1) is 0 Å². The van der Waals surface area contributed by atoms with Gasteiger partial charge in [-0.25, -0.2) is 8.78 Å². The van der Waals surface area contributed by atoms with Gasteiger partial charge in [0, 0.05) is 31.6 Å². The van der Waals surface area contributed by atoms with Crippen LogP contribution in [0.25, 0.3) is 0 Å². The van der Waals surface area contributed by atoms with Crippen LogP contribution in [-0.2, 0) is 0 Å². The Balaban J connectivity index is 1.85. The Hall–Kier alpha value is -0.220. The van der Waals surface area contributed by atoms with Gasteiger partial charge in [-0.15, -0.1) is 0 Å². The van der Waals surface area contributed by atoms with Crippen molar-refractivity contribution in [2.75, 3.05) is 13.1 Å². The van der Waals surface area contributed by atoms with Crippen molar-refractivity contribution in [3.8, 4) is 0 Å². The van der Waals surface area contributed by atoms with E-state index in [9.17, 15) is 8.78 Å². The van der Waals surface area contributed by atoms with Gasteiger partial charge in [0.25, 0.3) is 5.92 Å². The summed E-state index contributed by atoms with van der Waals surface area (Å²) in [6.45, 7) is 5.62. The lowest BCUT2D eigenvalue weighted by Crippen LogP contribution is -2.44. The average Bonchev–Trinajstić information content (AvgIpc) is 2.89. The number of hydrogen-bond acceptors (Lipinski definition) is 2. The maximum absolute atomic E-state index is 13.6. The van der Waals surface area contributed by atoms with Gasteiger partial charge >= 0.3 is 0 Å².